The number of nitro benzene ring substituents is 1. The highest BCUT2D eigenvalue weighted by molar-refractivity contribution is 9.10. The zero-order chi connectivity index (χ0) is 12.4. The SMILES string of the molecule is CN(CC1CCC1)c1ccc(Br)cc1[N+](=O)[O-]. The molecule has 0 aromatic heterocycles. The minimum Gasteiger partial charge on any atom is -0.369 e. The lowest BCUT2D eigenvalue weighted by atomic mass is 9.85. The number of halogens is 1. The second-order valence-electron chi connectivity index (χ2n) is 4.57. The van der Waals surface area contributed by atoms with Crippen molar-refractivity contribution >= 4 is 27.3 Å². The third-order valence-electron chi connectivity index (χ3n) is 3.30. The van der Waals surface area contributed by atoms with E-state index in [0.29, 0.717) is 11.6 Å². The van der Waals surface area contributed by atoms with E-state index >= 15 is 0 Å². The van der Waals surface area contributed by atoms with Crippen LogP contribution in [-0.2, 0) is 0 Å². The van der Waals surface area contributed by atoms with Crippen LogP contribution >= 0.6 is 15.9 Å². The topological polar surface area (TPSA) is 46.4 Å². The predicted octanol–water partition coefficient (Wildman–Crippen LogP) is 3.59. The maximum Gasteiger partial charge on any atom is 0.293 e. The normalized spacial score (nSPS) is 15.4. The zero-order valence-corrected chi connectivity index (χ0v) is 11.3. The number of hydrogen-bond acceptors (Lipinski definition) is 3. The Morgan fingerprint density at radius 2 is 2.24 bits per heavy atom. The van der Waals surface area contributed by atoms with Crippen LogP contribution in [0.1, 0.15) is 19.3 Å². The molecule has 0 spiro atoms. The van der Waals surface area contributed by atoms with Crippen LogP contribution in [0.3, 0.4) is 0 Å². The molecular formula is C12H15BrN2O2. The van der Waals surface area contributed by atoms with Gasteiger partial charge in [0.05, 0.1) is 4.92 Å². The fourth-order valence-electron chi connectivity index (χ4n) is 2.13. The van der Waals surface area contributed by atoms with Gasteiger partial charge in [0.2, 0.25) is 0 Å². The van der Waals surface area contributed by atoms with Gasteiger partial charge in [-0.25, -0.2) is 0 Å². The Morgan fingerprint density at radius 1 is 1.53 bits per heavy atom. The number of nitrogens with zero attached hydrogens (tertiary/aromatic N) is 2. The summed E-state index contributed by atoms with van der Waals surface area (Å²) in [5.41, 5.74) is 0.867. The molecule has 0 bridgehead atoms. The minimum absolute atomic E-state index is 0.168. The Hall–Kier alpha value is -1.10. The molecule has 92 valence electrons. The first-order valence-electron chi connectivity index (χ1n) is 5.73. The molecule has 1 aromatic rings. The van der Waals surface area contributed by atoms with Crippen molar-refractivity contribution in [3.63, 3.8) is 0 Å². The summed E-state index contributed by atoms with van der Waals surface area (Å²) >= 11 is 3.27. The Labute approximate surface area is 109 Å². The highest BCUT2D eigenvalue weighted by atomic mass is 79.9. The van der Waals surface area contributed by atoms with E-state index in [2.05, 4.69) is 15.9 Å². The van der Waals surface area contributed by atoms with Gasteiger partial charge in [0, 0.05) is 24.1 Å². The maximum absolute atomic E-state index is 11.0. The van der Waals surface area contributed by atoms with Crippen LogP contribution in [0.4, 0.5) is 11.4 Å². The van der Waals surface area contributed by atoms with E-state index in [0.717, 1.165) is 11.0 Å². The van der Waals surface area contributed by atoms with Gasteiger partial charge in [-0.1, -0.05) is 22.4 Å². The fraction of sp³-hybridized carbons (Fsp3) is 0.500. The van der Waals surface area contributed by atoms with Crippen LogP contribution in [-0.4, -0.2) is 18.5 Å². The summed E-state index contributed by atoms with van der Waals surface area (Å²) in [7, 11) is 1.93. The van der Waals surface area contributed by atoms with Crippen molar-refractivity contribution in [1.29, 1.82) is 0 Å². The molecule has 1 aromatic carbocycles. The van der Waals surface area contributed by atoms with Crippen molar-refractivity contribution in [2.75, 3.05) is 18.5 Å². The van der Waals surface area contributed by atoms with Gasteiger partial charge < -0.3 is 4.90 Å². The van der Waals surface area contributed by atoms with E-state index in [1.165, 1.54) is 19.3 Å². The molecular weight excluding hydrogens is 284 g/mol. The Kier molecular flexibility index (Phi) is 3.66. The quantitative estimate of drug-likeness (QED) is 0.630. The Balaban J connectivity index is 2.20. The van der Waals surface area contributed by atoms with Gasteiger partial charge in [-0.3, -0.25) is 10.1 Å². The van der Waals surface area contributed by atoms with Crippen LogP contribution in [0.2, 0.25) is 0 Å². The molecule has 0 N–H and O–H groups in total. The molecule has 2 rings (SSSR count). The second-order valence-corrected chi connectivity index (χ2v) is 5.48. The minimum atomic E-state index is -0.322. The first-order chi connectivity index (χ1) is 8.08. The average Bonchev–Trinajstić information content (AvgIpc) is 2.23. The standard InChI is InChI=1S/C12H15BrN2O2/c1-14(8-9-3-2-4-9)11-6-5-10(13)7-12(11)15(16)17/h5-7,9H,2-4,8H2,1H3. The van der Waals surface area contributed by atoms with E-state index in [4.69, 9.17) is 0 Å². The van der Waals surface area contributed by atoms with E-state index in [-0.39, 0.29) is 10.6 Å². The van der Waals surface area contributed by atoms with Crippen molar-refractivity contribution in [3.05, 3.63) is 32.8 Å². The van der Waals surface area contributed by atoms with Gasteiger partial charge in [0.25, 0.3) is 5.69 Å². The molecule has 1 saturated carbocycles. The molecule has 1 aliphatic carbocycles. The lowest BCUT2D eigenvalue weighted by molar-refractivity contribution is -0.384. The third-order valence-corrected chi connectivity index (χ3v) is 3.80. The summed E-state index contributed by atoms with van der Waals surface area (Å²) in [6.07, 6.45) is 3.78. The molecule has 5 heteroatoms. The average molecular weight is 299 g/mol. The summed E-state index contributed by atoms with van der Waals surface area (Å²) in [6, 6.07) is 5.22. The zero-order valence-electron chi connectivity index (χ0n) is 9.73. The first-order valence-corrected chi connectivity index (χ1v) is 6.52. The lowest BCUT2D eigenvalue weighted by Gasteiger charge is -2.31. The van der Waals surface area contributed by atoms with Crippen LogP contribution in [0.25, 0.3) is 0 Å². The summed E-state index contributed by atoms with van der Waals surface area (Å²) in [5.74, 6) is 0.697. The van der Waals surface area contributed by atoms with Gasteiger partial charge in [0.1, 0.15) is 5.69 Å². The largest absolute Gasteiger partial charge is 0.369 e. The van der Waals surface area contributed by atoms with E-state index in [9.17, 15) is 10.1 Å². The van der Waals surface area contributed by atoms with E-state index in [1.54, 1.807) is 12.1 Å². The highest BCUT2D eigenvalue weighted by Crippen LogP contribution is 2.33. The van der Waals surface area contributed by atoms with E-state index < -0.39 is 0 Å². The highest BCUT2D eigenvalue weighted by Gasteiger charge is 2.23. The summed E-state index contributed by atoms with van der Waals surface area (Å²) < 4.78 is 0.741. The first kappa shape index (κ1) is 12.4. The molecule has 1 aliphatic rings. The number of rotatable bonds is 4. The molecule has 0 heterocycles. The summed E-state index contributed by atoms with van der Waals surface area (Å²) in [6.45, 7) is 0.905. The molecule has 0 radical (unpaired) electrons. The van der Waals surface area contributed by atoms with Gasteiger partial charge in [-0.15, -0.1) is 0 Å². The molecule has 0 atom stereocenters. The summed E-state index contributed by atoms with van der Waals surface area (Å²) in [4.78, 5) is 12.7. The third kappa shape index (κ3) is 2.77. The van der Waals surface area contributed by atoms with Crippen molar-refractivity contribution in [1.82, 2.24) is 0 Å². The molecule has 0 saturated heterocycles. The van der Waals surface area contributed by atoms with Gasteiger partial charge in [-0.2, -0.15) is 0 Å². The van der Waals surface area contributed by atoms with Gasteiger partial charge in [-0.05, 0) is 30.9 Å². The molecule has 17 heavy (non-hydrogen) atoms. The number of hydrogen-bond donors (Lipinski definition) is 0. The molecule has 0 amide bonds. The smallest absolute Gasteiger partial charge is 0.293 e. The van der Waals surface area contributed by atoms with Crippen molar-refractivity contribution in [3.8, 4) is 0 Å². The van der Waals surface area contributed by atoms with Crippen molar-refractivity contribution in [2.24, 2.45) is 5.92 Å². The van der Waals surface area contributed by atoms with Crippen LogP contribution in [0, 0.1) is 16.0 Å². The fourth-order valence-corrected chi connectivity index (χ4v) is 2.48. The second kappa shape index (κ2) is 5.04. The molecule has 4 nitrogen and oxygen atoms in total. The molecule has 0 unspecified atom stereocenters. The van der Waals surface area contributed by atoms with Gasteiger partial charge in [0.15, 0.2) is 0 Å². The number of nitro groups is 1. The van der Waals surface area contributed by atoms with Crippen LogP contribution in [0.15, 0.2) is 22.7 Å². The van der Waals surface area contributed by atoms with Crippen LogP contribution < -0.4 is 4.90 Å². The lowest BCUT2D eigenvalue weighted by Crippen LogP contribution is -2.29. The van der Waals surface area contributed by atoms with Gasteiger partial charge >= 0.3 is 0 Å². The maximum atomic E-state index is 11.0. The monoisotopic (exact) mass is 298 g/mol. The Morgan fingerprint density at radius 3 is 2.76 bits per heavy atom. The molecule has 1 fully saturated rings. The van der Waals surface area contributed by atoms with Crippen molar-refractivity contribution in [2.45, 2.75) is 19.3 Å². The number of anilines is 1. The van der Waals surface area contributed by atoms with Crippen LogP contribution in [0.5, 0.6) is 0 Å². The van der Waals surface area contributed by atoms with Crippen molar-refractivity contribution < 1.29 is 4.92 Å². The molecule has 0 aliphatic heterocycles. The number of benzene rings is 1. The predicted molar refractivity (Wildman–Crippen MR) is 71.4 cm³/mol. The van der Waals surface area contributed by atoms with E-state index in [1.807, 2.05) is 18.0 Å². The Bertz CT molecular complexity index is 433. The summed E-state index contributed by atoms with van der Waals surface area (Å²) in [5, 5.41) is 11.0.